The Hall–Kier alpha value is -2.99. The van der Waals surface area contributed by atoms with E-state index in [9.17, 15) is 9.59 Å². The molecule has 5 nitrogen and oxygen atoms in total. The minimum atomic E-state index is -0.154. The Kier molecular flexibility index (Phi) is 5.21. The van der Waals surface area contributed by atoms with E-state index in [0.717, 1.165) is 28.4 Å². The summed E-state index contributed by atoms with van der Waals surface area (Å²) in [6.07, 6.45) is 1.12. The number of amides is 2. The third kappa shape index (κ3) is 3.82. The van der Waals surface area contributed by atoms with Crippen LogP contribution in [0.4, 0.5) is 5.69 Å². The Morgan fingerprint density at radius 3 is 2.75 bits per heavy atom. The van der Waals surface area contributed by atoms with Crippen LogP contribution >= 0.6 is 11.3 Å². The topological polar surface area (TPSA) is 62.3 Å². The standard InChI is InChI=1S/C22H21N3O2S/c1-15-24-19(14-28-15)17-7-8-20-18(13-17)10-12-25(20)21(26)9-11-23-22(27)16-5-3-2-4-6-16/h2-8,13-14H,9-12H2,1H3,(H,23,27). The molecule has 0 saturated heterocycles. The van der Waals surface area contributed by atoms with Gasteiger partial charge < -0.3 is 10.2 Å². The van der Waals surface area contributed by atoms with Crippen molar-refractivity contribution in [1.29, 1.82) is 0 Å². The van der Waals surface area contributed by atoms with Crippen molar-refractivity contribution in [2.45, 2.75) is 19.8 Å². The summed E-state index contributed by atoms with van der Waals surface area (Å²) in [6.45, 7) is 3.01. The number of nitrogens with one attached hydrogen (secondary N) is 1. The molecule has 2 amide bonds. The third-order valence-electron chi connectivity index (χ3n) is 4.85. The summed E-state index contributed by atoms with van der Waals surface area (Å²) >= 11 is 1.64. The van der Waals surface area contributed by atoms with E-state index in [1.54, 1.807) is 23.5 Å². The number of aryl methyl sites for hydroxylation is 1. The molecule has 6 heteroatoms. The highest BCUT2D eigenvalue weighted by molar-refractivity contribution is 7.09. The molecule has 1 N–H and O–H groups in total. The molecule has 2 aromatic carbocycles. The second kappa shape index (κ2) is 7.94. The van der Waals surface area contributed by atoms with E-state index in [2.05, 4.69) is 21.7 Å². The van der Waals surface area contributed by atoms with E-state index in [4.69, 9.17) is 0 Å². The summed E-state index contributed by atoms with van der Waals surface area (Å²) < 4.78 is 0. The molecular weight excluding hydrogens is 370 g/mol. The zero-order valence-electron chi connectivity index (χ0n) is 15.6. The molecule has 28 heavy (non-hydrogen) atoms. The van der Waals surface area contributed by atoms with E-state index in [-0.39, 0.29) is 18.2 Å². The monoisotopic (exact) mass is 391 g/mol. The molecule has 0 saturated carbocycles. The number of nitrogens with zero attached hydrogens (tertiary/aromatic N) is 2. The lowest BCUT2D eigenvalue weighted by Crippen LogP contribution is -2.33. The van der Waals surface area contributed by atoms with Gasteiger partial charge in [-0.05, 0) is 43.2 Å². The van der Waals surface area contributed by atoms with Crippen LogP contribution in [0.5, 0.6) is 0 Å². The normalized spacial score (nSPS) is 12.7. The van der Waals surface area contributed by atoms with Crippen molar-refractivity contribution >= 4 is 28.8 Å². The van der Waals surface area contributed by atoms with Gasteiger partial charge in [-0.2, -0.15) is 0 Å². The largest absolute Gasteiger partial charge is 0.352 e. The van der Waals surface area contributed by atoms with Gasteiger partial charge in [-0.25, -0.2) is 4.98 Å². The lowest BCUT2D eigenvalue weighted by atomic mass is 10.1. The third-order valence-corrected chi connectivity index (χ3v) is 5.62. The van der Waals surface area contributed by atoms with E-state index < -0.39 is 0 Å². The van der Waals surface area contributed by atoms with Crippen molar-refractivity contribution in [2.24, 2.45) is 0 Å². The summed E-state index contributed by atoms with van der Waals surface area (Å²) in [7, 11) is 0. The quantitative estimate of drug-likeness (QED) is 0.719. The van der Waals surface area contributed by atoms with Crippen LogP contribution < -0.4 is 10.2 Å². The smallest absolute Gasteiger partial charge is 0.251 e. The molecule has 0 radical (unpaired) electrons. The molecule has 0 unspecified atom stereocenters. The molecule has 1 aromatic heterocycles. The van der Waals surface area contributed by atoms with Crippen LogP contribution in [0.1, 0.15) is 27.3 Å². The van der Waals surface area contributed by atoms with Crippen molar-refractivity contribution in [1.82, 2.24) is 10.3 Å². The first kappa shape index (κ1) is 18.4. The Balaban J connectivity index is 1.37. The number of carbonyl (C=O) groups is 2. The number of carbonyl (C=O) groups excluding carboxylic acids is 2. The number of anilines is 1. The zero-order chi connectivity index (χ0) is 19.5. The summed E-state index contributed by atoms with van der Waals surface area (Å²) in [5, 5.41) is 5.92. The fourth-order valence-corrected chi connectivity index (χ4v) is 4.05. The van der Waals surface area contributed by atoms with Gasteiger partial charge in [-0.3, -0.25) is 9.59 Å². The van der Waals surface area contributed by atoms with E-state index in [1.807, 2.05) is 42.2 Å². The molecule has 0 bridgehead atoms. The molecule has 1 aliphatic rings. The highest BCUT2D eigenvalue weighted by atomic mass is 32.1. The van der Waals surface area contributed by atoms with Gasteiger partial charge in [0.1, 0.15) is 0 Å². The van der Waals surface area contributed by atoms with Crippen LogP contribution in [0.3, 0.4) is 0 Å². The van der Waals surface area contributed by atoms with Gasteiger partial charge in [0.15, 0.2) is 0 Å². The van der Waals surface area contributed by atoms with Crippen LogP contribution in [0.25, 0.3) is 11.3 Å². The predicted molar refractivity (Wildman–Crippen MR) is 112 cm³/mol. The second-order valence-electron chi connectivity index (χ2n) is 6.76. The molecule has 4 rings (SSSR count). The Morgan fingerprint density at radius 2 is 2.00 bits per heavy atom. The number of rotatable bonds is 5. The van der Waals surface area contributed by atoms with Crippen LogP contribution in [-0.4, -0.2) is 29.9 Å². The minimum Gasteiger partial charge on any atom is -0.352 e. The van der Waals surface area contributed by atoms with Gasteiger partial charge in [0, 0.05) is 41.7 Å². The number of thiazole rings is 1. The Morgan fingerprint density at radius 1 is 1.18 bits per heavy atom. The fraction of sp³-hybridized carbons (Fsp3) is 0.227. The molecular formula is C22H21N3O2S. The number of benzene rings is 2. The molecule has 0 atom stereocenters. The van der Waals surface area contributed by atoms with Crippen LogP contribution in [-0.2, 0) is 11.2 Å². The van der Waals surface area contributed by atoms with E-state index >= 15 is 0 Å². The first-order chi connectivity index (χ1) is 13.6. The molecule has 0 aliphatic carbocycles. The maximum absolute atomic E-state index is 12.6. The maximum Gasteiger partial charge on any atom is 0.251 e. The van der Waals surface area contributed by atoms with Crippen LogP contribution in [0, 0.1) is 6.92 Å². The predicted octanol–water partition coefficient (Wildman–Crippen LogP) is 3.83. The molecule has 0 spiro atoms. The summed E-state index contributed by atoms with van der Waals surface area (Å²) in [4.78, 5) is 31.1. The van der Waals surface area contributed by atoms with Crippen molar-refractivity contribution in [2.75, 3.05) is 18.0 Å². The van der Waals surface area contributed by atoms with Gasteiger partial charge in [-0.1, -0.05) is 24.3 Å². The van der Waals surface area contributed by atoms with Crippen molar-refractivity contribution in [3.05, 3.63) is 70.0 Å². The van der Waals surface area contributed by atoms with Crippen LogP contribution in [0.2, 0.25) is 0 Å². The highest BCUT2D eigenvalue weighted by Crippen LogP contribution is 2.33. The number of fused-ring (bicyclic) bond motifs is 1. The molecule has 0 fully saturated rings. The Labute approximate surface area is 168 Å². The molecule has 142 valence electrons. The van der Waals surface area contributed by atoms with Gasteiger partial charge in [0.25, 0.3) is 5.91 Å². The summed E-state index contributed by atoms with van der Waals surface area (Å²) in [6, 6.07) is 15.2. The van der Waals surface area contributed by atoms with Gasteiger partial charge >= 0.3 is 0 Å². The number of hydrogen-bond donors (Lipinski definition) is 1. The van der Waals surface area contributed by atoms with Gasteiger partial charge in [0.05, 0.1) is 10.7 Å². The number of hydrogen-bond acceptors (Lipinski definition) is 4. The molecule has 1 aliphatic heterocycles. The van der Waals surface area contributed by atoms with Gasteiger partial charge in [-0.15, -0.1) is 11.3 Å². The molecule has 2 heterocycles. The SMILES string of the molecule is Cc1nc(-c2ccc3c(c2)CCN3C(=O)CCNC(=O)c2ccccc2)cs1. The van der Waals surface area contributed by atoms with Crippen LogP contribution in [0.15, 0.2) is 53.9 Å². The Bertz CT molecular complexity index is 1010. The summed E-state index contributed by atoms with van der Waals surface area (Å²) in [5.41, 5.74) is 4.82. The average molecular weight is 391 g/mol. The van der Waals surface area contributed by atoms with Gasteiger partial charge in [0.2, 0.25) is 5.91 Å². The van der Waals surface area contributed by atoms with Crippen molar-refractivity contribution in [3.63, 3.8) is 0 Å². The minimum absolute atomic E-state index is 0.0318. The van der Waals surface area contributed by atoms with Crippen molar-refractivity contribution in [3.8, 4) is 11.3 Å². The van der Waals surface area contributed by atoms with Crippen molar-refractivity contribution < 1.29 is 9.59 Å². The lowest BCUT2D eigenvalue weighted by Gasteiger charge is -2.17. The number of aromatic nitrogens is 1. The first-order valence-electron chi connectivity index (χ1n) is 9.31. The zero-order valence-corrected chi connectivity index (χ0v) is 16.5. The fourth-order valence-electron chi connectivity index (χ4n) is 3.43. The second-order valence-corrected chi connectivity index (χ2v) is 7.82. The first-order valence-corrected chi connectivity index (χ1v) is 10.2. The van der Waals surface area contributed by atoms with E-state index in [1.165, 1.54) is 5.56 Å². The highest BCUT2D eigenvalue weighted by Gasteiger charge is 2.25. The summed E-state index contributed by atoms with van der Waals surface area (Å²) in [5.74, 6) is -0.122. The maximum atomic E-state index is 12.6. The van der Waals surface area contributed by atoms with E-state index in [0.29, 0.717) is 18.7 Å². The molecule has 3 aromatic rings. The average Bonchev–Trinajstić information content (AvgIpc) is 3.34. The lowest BCUT2D eigenvalue weighted by molar-refractivity contribution is -0.118.